The third-order valence-corrected chi connectivity index (χ3v) is 6.42. The average Bonchev–Trinajstić information content (AvgIpc) is 2.80. The van der Waals surface area contributed by atoms with Gasteiger partial charge in [0.2, 0.25) is 5.91 Å². The third-order valence-electron chi connectivity index (χ3n) is 6.42. The van der Waals surface area contributed by atoms with Gasteiger partial charge >= 0.3 is 0 Å². The number of carbonyl (C=O) groups excluding carboxylic acids is 1. The van der Waals surface area contributed by atoms with Gasteiger partial charge in [0.15, 0.2) is 18.9 Å². The van der Waals surface area contributed by atoms with E-state index in [9.17, 15) is 45.6 Å². The van der Waals surface area contributed by atoms with Gasteiger partial charge in [0, 0.05) is 6.92 Å². The summed E-state index contributed by atoms with van der Waals surface area (Å²) in [6, 6.07) is -1.28. The Morgan fingerprint density at radius 1 is 0.743 bits per heavy atom. The zero-order chi connectivity index (χ0) is 26.2. The molecule has 1 amide bonds. The molecule has 0 radical (unpaired) electrons. The molecule has 15 atom stereocenters. The number of nitrogens with one attached hydrogen (secondary N) is 1. The first-order valence-electron chi connectivity index (χ1n) is 11.3. The molecule has 0 saturated carbocycles. The number of hydrogen-bond acceptors (Lipinski definition) is 14. The SMILES string of the molecule is CC(=O)N[C@@H]1[C@@H](O[C@@H]2O[C@H](CO)[C@H](O)[C@H](O)[C@H]2O[C@@H]2O[C@@H](C)[C@@H](O)[C@@H](O)[C@@H]2O)[C@H](O)[C@@H](C)O[C@H]1O. The molecular weight excluding hydrogens is 478 g/mol. The van der Waals surface area contributed by atoms with Crippen molar-refractivity contribution in [3.8, 4) is 0 Å². The van der Waals surface area contributed by atoms with E-state index in [1.807, 2.05) is 0 Å². The Morgan fingerprint density at radius 2 is 1.34 bits per heavy atom. The number of aliphatic hydroxyl groups excluding tert-OH is 8. The highest BCUT2D eigenvalue weighted by Gasteiger charge is 2.53. The van der Waals surface area contributed by atoms with Gasteiger partial charge in [-0.1, -0.05) is 0 Å². The first-order valence-corrected chi connectivity index (χ1v) is 11.3. The summed E-state index contributed by atoms with van der Waals surface area (Å²) in [7, 11) is 0. The second kappa shape index (κ2) is 11.6. The molecular formula is C20H35NO14. The number of carbonyl (C=O) groups is 1. The maximum absolute atomic E-state index is 11.7. The molecule has 0 spiro atoms. The highest BCUT2D eigenvalue weighted by molar-refractivity contribution is 5.73. The second-order valence-corrected chi connectivity index (χ2v) is 9.04. The second-order valence-electron chi connectivity index (χ2n) is 9.04. The van der Waals surface area contributed by atoms with Crippen molar-refractivity contribution in [2.75, 3.05) is 6.61 Å². The molecule has 35 heavy (non-hydrogen) atoms. The van der Waals surface area contributed by atoms with Gasteiger partial charge in [-0.15, -0.1) is 0 Å². The van der Waals surface area contributed by atoms with Crippen LogP contribution in [0.1, 0.15) is 20.8 Å². The van der Waals surface area contributed by atoms with Gasteiger partial charge < -0.3 is 69.9 Å². The summed E-state index contributed by atoms with van der Waals surface area (Å²) in [6.45, 7) is 3.29. The van der Waals surface area contributed by atoms with E-state index in [0.29, 0.717) is 0 Å². The number of aliphatic hydroxyl groups is 8. The molecule has 15 heteroatoms. The summed E-state index contributed by atoms with van der Waals surface area (Å²) in [4.78, 5) is 11.7. The quantitative estimate of drug-likeness (QED) is 0.161. The average molecular weight is 513 g/mol. The van der Waals surface area contributed by atoms with E-state index >= 15 is 0 Å². The van der Waals surface area contributed by atoms with Crippen LogP contribution in [0.5, 0.6) is 0 Å². The molecule has 204 valence electrons. The van der Waals surface area contributed by atoms with Crippen LogP contribution in [-0.2, 0) is 28.5 Å². The van der Waals surface area contributed by atoms with Crippen LogP contribution in [0.2, 0.25) is 0 Å². The van der Waals surface area contributed by atoms with E-state index in [0.717, 1.165) is 0 Å². The molecule has 9 N–H and O–H groups in total. The fraction of sp³-hybridized carbons (Fsp3) is 0.950. The Morgan fingerprint density at radius 3 is 1.94 bits per heavy atom. The van der Waals surface area contributed by atoms with Crippen molar-refractivity contribution in [3.05, 3.63) is 0 Å². The molecule has 3 rings (SSSR count). The van der Waals surface area contributed by atoms with Crippen molar-refractivity contribution in [1.82, 2.24) is 5.32 Å². The molecule has 0 aromatic carbocycles. The lowest BCUT2D eigenvalue weighted by Gasteiger charge is -2.48. The lowest BCUT2D eigenvalue weighted by Crippen LogP contribution is -2.68. The Bertz CT molecular complexity index is 715. The van der Waals surface area contributed by atoms with Gasteiger partial charge in [-0.05, 0) is 13.8 Å². The highest BCUT2D eigenvalue weighted by Crippen LogP contribution is 2.32. The Labute approximate surface area is 200 Å². The molecule has 3 heterocycles. The minimum Gasteiger partial charge on any atom is -0.394 e. The maximum atomic E-state index is 11.7. The Hall–Kier alpha value is -1.05. The summed E-state index contributed by atoms with van der Waals surface area (Å²) >= 11 is 0. The van der Waals surface area contributed by atoms with Crippen LogP contribution in [0.4, 0.5) is 0 Å². The fourth-order valence-corrected chi connectivity index (χ4v) is 4.33. The van der Waals surface area contributed by atoms with Gasteiger partial charge in [-0.25, -0.2) is 0 Å². The van der Waals surface area contributed by atoms with Crippen molar-refractivity contribution in [3.63, 3.8) is 0 Å². The monoisotopic (exact) mass is 513 g/mol. The number of hydrogen-bond donors (Lipinski definition) is 9. The molecule has 0 unspecified atom stereocenters. The lowest BCUT2D eigenvalue weighted by atomic mass is 9.95. The van der Waals surface area contributed by atoms with E-state index in [2.05, 4.69) is 5.32 Å². The molecule has 0 aromatic rings. The van der Waals surface area contributed by atoms with Gasteiger partial charge in [0.25, 0.3) is 0 Å². The summed E-state index contributed by atoms with van der Waals surface area (Å²) in [5.74, 6) is -0.575. The normalized spacial score (nSPS) is 51.1. The molecule has 3 aliphatic heterocycles. The zero-order valence-electron chi connectivity index (χ0n) is 19.4. The third kappa shape index (κ3) is 5.93. The van der Waals surface area contributed by atoms with Crippen molar-refractivity contribution < 1.29 is 69.3 Å². The molecule has 0 aliphatic carbocycles. The topological polar surface area (TPSA) is 237 Å². The molecule has 0 aromatic heterocycles. The standard InChI is InChI=1S/C20H35NO14/c1-5-10(24)13(27)15(29)19(32-5)35-17-14(28)12(26)8(4-22)33-20(17)34-16-9(21-7(3)23)18(30)31-6(2)11(16)25/h5-6,8-20,22,24-30H,4H2,1-3H3,(H,21,23)/t5-,6+,8+,9+,10+,11+,12-,13+,14-,15-,16+,17+,18+,19-,20-/m0/s1. The molecule has 3 aliphatic rings. The van der Waals surface area contributed by atoms with Crippen molar-refractivity contribution in [2.45, 2.75) is 113 Å². The predicted molar refractivity (Wildman–Crippen MR) is 110 cm³/mol. The summed E-state index contributed by atoms with van der Waals surface area (Å²) in [6.07, 6.45) is -20.8. The predicted octanol–water partition coefficient (Wildman–Crippen LogP) is -5.37. The van der Waals surface area contributed by atoms with E-state index in [1.165, 1.54) is 20.8 Å². The largest absolute Gasteiger partial charge is 0.394 e. The summed E-state index contributed by atoms with van der Waals surface area (Å²) in [5.41, 5.74) is 0. The number of amides is 1. The lowest BCUT2D eigenvalue weighted by molar-refractivity contribution is -0.379. The van der Waals surface area contributed by atoms with Crippen LogP contribution in [0, 0.1) is 0 Å². The van der Waals surface area contributed by atoms with Crippen molar-refractivity contribution in [1.29, 1.82) is 0 Å². The summed E-state index contributed by atoms with van der Waals surface area (Å²) < 4.78 is 27.6. The van der Waals surface area contributed by atoms with E-state index in [4.69, 9.17) is 23.7 Å². The van der Waals surface area contributed by atoms with Crippen molar-refractivity contribution in [2.24, 2.45) is 0 Å². The number of rotatable bonds is 6. The fourth-order valence-electron chi connectivity index (χ4n) is 4.33. The molecule has 0 bridgehead atoms. The molecule has 3 fully saturated rings. The van der Waals surface area contributed by atoms with Gasteiger partial charge in [-0.3, -0.25) is 4.79 Å². The van der Waals surface area contributed by atoms with Crippen LogP contribution in [-0.4, -0.2) is 145 Å². The van der Waals surface area contributed by atoms with Crippen LogP contribution in [0.25, 0.3) is 0 Å². The van der Waals surface area contributed by atoms with Crippen LogP contribution < -0.4 is 5.32 Å². The van der Waals surface area contributed by atoms with Crippen molar-refractivity contribution >= 4 is 5.91 Å². The highest BCUT2D eigenvalue weighted by atomic mass is 16.8. The van der Waals surface area contributed by atoms with Crippen LogP contribution >= 0.6 is 0 Å². The summed E-state index contributed by atoms with van der Waals surface area (Å²) in [5, 5.41) is 84.3. The minimum absolute atomic E-state index is 0.575. The van der Waals surface area contributed by atoms with Gasteiger partial charge in [-0.2, -0.15) is 0 Å². The van der Waals surface area contributed by atoms with E-state index in [1.54, 1.807) is 0 Å². The zero-order valence-corrected chi connectivity index (χ0v) is 19.4. The van der Waals surface area contributed by atoms with E-state index < -0.39 is 105 Å². The number of ether oxygens (including phenoxy) is 5. The maximum Gasteiger partial charge on any atom is 0.217 e. The van der Waals surface area contributed by atoms with Gasteiger partial charge in [0.05, 0.1) is 18.8 Å². The smallest absolute Gasteiger partial charge is 0.217 e. The van der Waals surface area contributed by atoms with Crippen LogP contribution in [0.15, 0.2) is 0 Å². The van der Waals surface area contributed by atoms with Gasteiger partial charge in [0.1, 0.15) is 61.0 Å². The molecule has 3 saturated heterocycles. The van der Waals surface area contributed by atoms with E-state index in [-0.39, 0.29) is 0 Å². The Balaban J connectivity index is 1.87. The minimum atomic E-state index is -1.78. The molecule has 15 nitrogen and oxygen atoms in total. The first kappa shape index (κ1) is 28.5. The van der Waals surface area contributed by atoms with Crippen LogP contribution in [0.3, 0.4) is 0 Å². The Kier molecular flexibility index (Phi) is 9.42. The first-order chi connectivity index (χ1) is 16.4.